The van der Waals surface area contributed by atoms with Gasteiger partial charge in [-0.05, 0) is 23.3 Å². The molecule has 0 saturated carbocycles. The van der Waals surface area contributed by atoms with Gasteiger partial charge in [-0.2, -0.15) is 0 Å². The molecule has 2 N–H and O–H groups in total. The molecule has 0 saturated heterocycles. The number of anilines is 2. The summed E-state index contributed by atoms with van der Waals surface area (Å²) in [7, 11) is 0. The Kier molecular flexibility index (Phi) is 4.50. The third-order valence-corrected chi connectivity index (χ3v) is 4.50. The summed E-state index contributed by atoms with van der Waals surface area (Å²) >= 11 is 0. The van der Waals surface area contributed by atoms with Crippen molar-refractivity contribution < 1.29 is 0 Å². The smallest absolute Gasteiger partial charge is 0.0653 e. The molecule has 0 aliphatic heterocycles. The molecule has 0 atom stereocenters. The molecule has 0 aromatic heterocycles. The number of para-hydroxylation sites is 2. The van der Waals surface area contributed by atoms with Crippen LogP contribution in [-0.2, 0) is 0 Å². The molecular formula is C24H20N2. The van der Waals surface area contributed by atoms with Crippen molar-refractivity contribution in [2.45, 2.75) is 0 Å². The van der Waals surface area contributed by atoms with Gasteiger partial charge in [0.2, 0.25) is 0 Å². The van der Waals surface area contributed by atoms with E-state index < -0.39 is 0 Å². The van der Waals surface area contributed by atoms with Crippen molar-refractivity contribution in [3.63, 3.8) is 0 Å². The SMILES string of the molecule is NN(c1ccccc1-c1ccccc1)c1ccccc1-c1ccccc1. The van der Waals surface area contributed by atoms with Gasteiger partial charge in [0.05, 0.1) is 11.4 Å². The Morgan fingerprint density at radius 3 is 1.19 bits per heavy atom. The van der Waals surface area contributed by atoms with E-state index in [1.807, 2.05) is 60.7 Å². The summed E-state index contributed by atoms with van der Waals surface area (Å²) in [6.45, 7) is 0. The summed E-state index contributed by atoms with van der Waals surface area (Å²) in [6.07, 6.45) is 0. The van der Waals surface area contributed by atoms with Crippen molar-refractivity contribution in [1.29, 1.82) is 0 Å². The minimum Gasteiger partial charge on any atom is -0.278 e. The second kappa shape index (κ2) is 7.26. The average Bonchev–Trinajstić information content (AvgIpc) is 2.74. The Hall–Kier alpha value is -3.36. The van der Waals surface area contributed by atoms with Crippen LogP contribution in [0.2, 0.25) is 0 Å². The zero-order valence-electron chi connectivity index (χ0n) is 14.4. The molecule has 2 heteroatoms. The van der Waals surface area contributed by atoms with Crippen LogP contribution in [0.25, 0.3) is 22.3 Å². The molecule has 0 amide bonds. The van der Waals surface area contributed by atoms with E-state index >= 15 is 0 Å². The highest BCUT2D eigenvalue weighted by Crippen LogP contribution is 2.37. The second-order valence-corrected chi connectivity index (χ2v) is 6.14. The van der Waals surface area contributed by atoms with Gasteiger partial charge in [-0.3, -0.25) is 5.01 Å². The summed E-state index contributed by atoms with van der Waals surface area (Å²) in [6, 6.07) is 37.1. The van der Waals surface area contributed by atoms with E-state index in [2.05, 4.69) is 48.5 Å². The first-order valence-corrected chi connectivity index (χ1v) is 8.68. The van der Waals surface area contributed by atoms with E-state index in [0.29, 0.717) is 0 Å². The predicted octanol–water partition coefficient (Wildman–Crippen LogP) is 6.03. The fourth-order valence-corrected chi connectivity index (χ4v) is 3.22. The molecule has 0 aliphatic rings. The standard InChI is InChI=1S/C24H20N2/c25-26(23-17-9-7-15-21(23)19-11-3-1-4-12-19)24-18-10-8-16-22(24)20-13-5-2-6-14-20/h1-18H,25H2. The van der Waals surface area contributed by atoms with E-state index in [1.165, 1.54) is 0 Å². The summed E-state index contributed by atoms with van der Waals surface area (Å²) in [4.78, 5) is 0. The lowest BCUT2D eigenvalue weighted by atomic mass is 10.0. The van der Waals surface area contributed by atoms with Crippen molar-refractivity contribution in [2.75, 3.05) is 5.01 Å². The van der Waals surface area contributed by atoms with Crippen LogP contribution in [0.5, 0.6) is 0 Å². The molecular weight excluding hydrogens is 316 g/mol. The van der Waals surface area contributed by atoms with E-state index in [1.54, 1.807) is 5.01 Å². The molecule has 0 unspecified atom stereocenters. The summed E-state index contributed by atoms with van der Waals surface area (Å²) < 4.78 is 0. The number of rotatable bonds is 4. The highest BCUT2D eigenvalue weighted by atomic mass is 15.4. The first-order valence-electron chi connectivity index (χ1n) is 8.68. The van der Waals surface area contributed by atoms with Gasteiger partial charge in [0, 0.05) is 11.1 Å². The highest BCUT2D eigenvalue weighted by Gasteiger charge is 2.14. The Labute approximate surface area is 154 Å². The van der Waals surface area contributed by atoms with Gasteiger partial charge in [0.15, 0.2) is 0 Å². The van der Waals surface area contributed by atoms with Gasteiger partial charge in [0.25, 0.3) is 0 Å². The predicted molar refractivity (Wildman–Crippen MR) is 110 cm³/mol. The van der Waals surface area contributed by atoms with E-state index in [4.69, 9.17) is 5.84 Å². The molecule has 4 rings (SSSR count). The second-order valence-electron chi connectivity index (χ2n) is 6.14. The van der Waals surface area contributed by atoms with Crippen molar-refractivity contribution in [3.05, 3.63) is 109 Å². The first-order chi connectivity index (χ1) is 12.8. The van der Waals surface area contributed by atoms with Gasteiger partial charge in [-0.25, -0.2) is 5.84 Å². The number of hydrazine groups is 1. The maximum atomic E-state index is 6.63. The number of hydrogen-bond donors (Lipinski definition) is 1. The van der Waals surface area contributed by atoms with Gasteiger partial charge >= 0.3 is 0 Å². The topological polar surface area (TPSA) is 29.3 Å². The van der Waals surface area contributed by atoms with Crippen molar-refractivity contribution >= 4 is 11.4 Å². The molecule has 0 radical (unpaired) electrons. The Balaban J connectivity index is 1.83. The minimum atomic E-state index is 0.974. The van der Waals surface area contributed by atoms with Crippen LogP contribution in [0.1, 0.15) is 0 Å². The van der Waals surface area contributed by atoms with Crippen LogP contribution in [0.3, 0.4) is 0 Å². The summed E-state index contributed by atoms with van der Waals surface area (Å²) in [5.74, 6) is 6.63. The summed E-state index contributed by atoms with van der Waals surface area (Å²) in [5, 5.41) is 1.78. The highest BCUT2D eigenvalue weighted by molar-refractivity contribution is 5.87. The van der Waals surface area contributed by atoms with Crippen LogP contribution in [0.4, 0.5) is 11.4 Å². The number of nitrogens with zero attached hydrogens (tertiary/aromatic N) is 1. The molecule has 4 aromatic carbocycles. The van der Waals surface area contributed by atoms with Crippen molar-refractivity contribution in [1.82, 2.24) is 0 Å². The maximum absolute atomic E-state index is 6.63. The number of nitrogens with two attached hydrogens (primary N) is 1. The average molecular weight is 336 g/mol. The Morgan fingerprint density at radius 1 is 0.423 bits per heavy atom. The quantitative estimate of drug-likeness (QED) is 0.364. The Morgan fingerprint density at radius 2 is 0.769 bits per heavy atom. The fourth-order valence-electron chi connectivity index (χ4n) is 3.22. The molecule has 26 heavy (non-hydrogen) atoms. The van der Waals surface area contributed by atoms with Gasteiger partial charge in [-0.15, -0.1) is 0 Å². The van der Waals surface area contributed by atoms with Gasteiger partial charge in [-0.1, -0.05) is 97.1 Å². The lowest BCUT2D eigenvalue weighted by Gasteiger charge is -2.24. The monoisotopic (exact) mass is 336 g/mol. The van der Waals surface area contributed by atoms with Crippen LogP contribution in [0.15, 0.2) is 109 Å². The lowest BCUT2D eigenvalue weighted by molar-refractivity contribution is 1.09. The van der Waals surface area contributed by atoms with Crippen LogP contribution in [0, 0.1) is 0 Å². The minimum absolute atomic E-state index is 0.974. The number of hydrogen-bond acceptors (Lipinski definition) is 2. The fraction of sp³-hybridized carbons (Fsp3) is 0. The summed E-state index contributed by atoms with van der Waals surface area (Å²) in [5.41, 5.74) is 6.47. The molecule has 4 aromatic rings. The third kappa shape index (κ3) is 3.10. The molecule has 0 heterocycles. The normalized spacial score (nSPS) is 10.5. The zero-order chi connectivity index (χ0) is 17.8. The molecule has 0 bridgehead atoms. The van der Waals surface area contributed by atoms with E-state index in [9.17, 15) is 0 Å². The van der Waals surface area contributed by atoms with E-state index in [0.717, 1.165) is 33.6 Å². The van der Waals surface area contributed by atoms with Gasteiger partial charge < -0.3 is 0 Å². The zero-order valence-corrected chi connectivity index (χ0v) is 14.4. The van der Waals surface area contributed by atoms with Gasteiger partial charge in [0.1, 0.15) is 0 Å². The Bertz CT molecular complexity index is 912. The molecule has 2 nitrogen and oxygen atoms in total. The lowest BCUT2D eigenvalue weighted by Crippen LogP contribution is -2.26. The number of benzene rings is 4. The maximum Gasteiger partial charge on any atom is 0.0653 e. The molecule has 0 aliphatic carbocycles. The largest absolute Gasteiger partial charge is 0.278 e. The molecule has 126 valence electrons. The van der Waals surface area contributed by atoms with Crippen LogP contribution < -0.4 is 10.9 Å². The van der Waals surface area contributed by atoms with Crippen molar-refractivity contribution in [2.24, 2.45) is 5.84 Å². The van der Waals surface area contributed by atoms with Crippen LogP contribution >= 0.6 is 0 Å². The first kappa shape index (κ1) is 16.1. The van der Waals surface area contributed by atoms with Crippen LogP contribution in [-0.4, -0.2) is 0 Å². The van der Waals surface area contributed by atoms with Crippen molar-refractivity contribution in [3.8, 4) is 22.3 Å². The molecule has 0 spiro atoms. The van der Waals surface area contributed by atoms with E-state index in [-0.39, 0.29) is 0 Å². The third-order valence-electron chi connectivity index (χ3n) is 4.50. The molecule has 0 fully saturated rings.